The molecule has 0 radical (unpaired) electrons. The Kier molecular flexibility index (Phi) is 4.85. The van der Waals surface area contributed by atoms with Gasteiger partial charge in [0, 0.05) is 10.6 Å². The first kappa shape index (κ1) is 15.4. The molecule has 4 nitrogen and oxygen atoms in total. The molecular weight excluding hydrogens is 286 g/mol. The van der Waals surface area contributed by atoms with Gasteiger partial charge >= 0.3 is 5.97 Å². The summed E-state index contributed by atoms with van der Waals surface area (Å²) in [6, 6.07) is 8.92. The predicted octanol–water partition coefficient (Wildman–Crippen LogP) is 4.16. The van der Waals surface area contributed by atoms with E-state index in [0.717, 1.165) is 17.8 Å². The molecule has 0 aliphatic heterocycles. The van der Waals surface area contributed by atoms with Crippen LogP contribution in [0.3, 0.4) is 0 Å². The van der Waals surface area contributed by atoms with Crippen molar-refractivity contribution in [1.29, 1.82) is 0 Å². The predicted molar refractivity (Wildman–Crippen MR) is 83.6 cm³/mol. The van der Waals surface area contributed by atoms with Gasteiger partial charge in [-0.05, 0) is 43.9 Å². The normalized spacial score (nSPS) is 10.4. The van der Waals surface area contributed by atoms with Crippen LogP contribution in [0.5, 0.6) is 11.5 Å². The lowest BCUT2D eigenvalue weighted by molar-refractivity contribution is 0.0690. The molecule has 110 valence electrons. The molecule has 0 amide bonds. The first-order valence-corrected chi connectivity index (χ1v) is 7.84. The minimum absolute atomic E-state index is 0.188. The highest BCUT2D eigenvalue weighted by atomic mass is 32.2. The molecule has 1 heterocycles. The number of pyridine rings is 1. The summed E-state index contributed by atoms with van der Waals surface area (Å²) in [6.07, 6.45) is 2.57. The third-order valence-electron chi connectivity index (χ3n) is 3.05. The van der Waals surface area contributed by atoms with E-state index in [-0.39, 0.29) is 5.56 Å². The molecule has 0 bridgehead atoms. The van der Waals surface area contributed by atoms with Crippen molar-refractivity contribution in [2.24, 2.45) is 0 Å². The maximum absolute atomic E-state index is 11.5. The molecule has 0 saturated carbocycles. The van der Waals surface area contributed by atoms with Crippen molar-refractivity contribution in [2.45, 2.75) is 25.2 Å². The van der Waals surface area contributed by atoms with Crippen molar-refractivity contribution >= 4 is 17.7 Å². The Morgan fingerprint density at radius 2 is 2.05 bits per heavy atom. The van der Waals surface area contributed by atoms with Crippen LogP contribution >= 0.6 is 11.8 Å². The van der Waals surface area contributed by atoms with Gasteiger partial charge in [0.2, 0.25) is 0 Å². The lowest BCUT2D eigenvalue weighted by atomic mass is 10.2. The number of hydrogen-bond donors (Lipinski definition) is 1. The van der Waals surface area contributed by atoms with Gasteiger partial charge in [0.25, 0.3) is 0 Å². The summed E-state index contributed by atoms with van der Waals surface area (Å²) in [5.74, 6) is -0.0494. The Morgan fingerprint density at radius 1 is 1.29 bits per heavy atom. The molecule has 0 saturated heterocycles. The number of carboxylic acid groups (broad SMARTS) is 1. The smallest absolute Gasteiger partial charge is 0.340 e. The number of carbonyl (C=O) groups is 1. The zero-order valence-electron chi connectivity index (χ0n) is 12.2. The molecule has 0 atom stereocenters. The van der Waals surface area contributed by atoms with Crippen LogP contribution in [0.2, 0.25) is 0 Å². The maximum Gasteiger partial charge on any atom is 0.340 e. The number of hydrogen-bond acceptors (Lipinski definition) is 4. The van der Waals surface area contributed by atoms with Gasteiger partial charge in [0.15, 0.2) is 0 Å². The third-order valence-corrected chi connectivity index (χ3v) is 3.83. The molecule has 5 heteroatoms. The number of thioether (sulfide) groups is 1. The monoisotopic (exact) mass is 303 g/mol. The molecule has 1 aromatic carbocycles. The second-order valence-electron chi connectivity index (χ2n) is 4.49. The van der Waals surface area contributed by atoms with E-state index in [2.05, 4.69) is 4.98 Å². The molecule has 1 aromatic heterocycles. The van der Waals surface area contributed by atoms with Crippen LogP contribution in [0.15, 0.2) is 35.2 Å². The van der Waals surface area contributed by atoms with Gasteiger partial charge in [-0.15, -0.1) is 11.8 Å². The van der Waals surface area contributed by atoms with Crippen molar-refractivity contribution in [3.8, 4) is 11.5 Å². The van der Waals surface area contributed by atoms with Gasteiger partial charge in [-0.1, -0.05) is 13.0 Å². The second-order valence-corrected chi connectivity index (χ2v) is 5.34. The Bertz CT molecular complexity index is 671. The minimum atomic E-state index is -0.993. The van der Waals surface area contributed by atoms with E-state index in [0.29, 0.717) is 16.4 Å². The topological polar surface area (TPSA) is 59.4 Å². The molecule has 2 rings (SSSR count). The van der Waals surface area contributed by atoms with E-state index >= 15 is 0 Å². The number of benzene rings is 1. The quantitative estimate of drug-likeness (QED) is 0.840. The fraction of sp³-hybridized carbons (Fsp3) is 0.250. The fourth-order valence-corrected chi connectivity index (χ4v) is 2.65. The number of aromatic nitrogens is 1. The second kappa shape index (κ2) is 6.63. The van der Waals surface area contributed by atoms with Crippen LogP contribution in [0, 0.1) is 6.92 Å². The average molecular weight is 303 g/mol. The third kappa shape index (κ3) is 3.36. The number of ether oxygens (including phenoxy) is 1. The van der Waals surface area contributed by atoms with Crippen LogP contribution in [-0.2, 0) is 6.42 Å². The summed E-state index contributed by atoms with van der Waals surface area (Å²) < 4.78 is 5.83. The van der Waals surface area contributed by atoms with Gasteiger partial charge in [-0.2, -0.15) is 0 Å². The number of rotatable bonds is 5. The molecule has 0 spiro atoms. The number of nitrogens with zero attached hydrogens (tertiary/aromatic N) is 1. The van der Waals surface area contributed by atoms with Gasteiger partial charge in [0.1, 0.15) is 17.1 Å². The highest BCUT2D eigenvalue weighted by Gasteiger charge is 2.18. The van der Waals surface area contributed by atoms with E-state index < -0.39 is 5.97 Å². The number of carboxylic acids is 1. The van der Waals surface area contributed by atoms with Crippen LogP contribution in [0.1, 0.15) is 28.7 Å². The van der Waals surface area contributed by atoms with Crippen molar-refractivity contribution in [2.75, 3.05) is 6.26 Å². The Morgan fingerprint density at radius 3 is 2.67 bits per heavy atom. The van der Waals surface area contributed by atoms with Crippen molar-refractivity contribution in [3.63, 3.8) is 0 Å². The van der Waals surface area contributed by atoms with E-state index in [1.807, 2.05) is 32.2 Å². The fourth-order valence-electron chi connectivity index (χ4n) is 2.04. The number of aryl methyl sites for hydroxylation is 2. The Hall–Kier alpha value is -2.01. The summed E-state index contributed by atoms with van der Waals surface area (Å²) in [5, 5.41) is 9.42. The molecular formula is C16H17NO3S. The van der Waals surface area contributed by atoms with Gasteiger partial charge in [0.05, 0.1) is 5.69 Å². The Balaban J connectivity index is 2.47. The summed E-state index contributed by atoms with van der Waals surface area (Å²) in [7, 11) is 0. The summed E-state index contributed by atoms with van der Waals surface area (Å²) in [6.45, 7) is 3.91. The van der Waals surface area contributed by atoms with Crippen molar-refractivity contribution in [1.82, 2.24) is 4.98 Å². The zero-order chi connectivity index (χ0) is 15.4. The van der Waals surface area contributed by atoms with Crippen LogP contribution in [0.25, 0.3) is 0 Å². The molecule has 0 fully saturated rings. The molecule has 0 aliphatic rings. The summed E-state index contributed by atoms with van der Waals surface area (Å²) in [5.41, 5.74) is 1.92. The highest BCUT2D eigenvalue weighted by Crippen LogP contribution is 2.33. The lowest BCUT2D eigenvalue weighted by Gasteiger charge is -2.13. The van der Waals surface area contributed by atoms with Gasteiger partial charge in [-0.25, -0.2) is 4.79 Å². The largest absolute Gasteiger partial charge is 0.478 e. The van der Waals surface area contributed by atoms with E-state index in [4.69, 9.17) is 4.74 Å². The van der Waals surface area contributed by atoms with E-state index in [1.54, 1.807) is 18.2 Å². The van der Waals surface area contributed by atoms with Gasteiger partial charge in [-0.3, -0.25) is 4.98 Å². The molecule has 21 heavy (non-hydrogen) atoms. The Labute approximate surface area is 128 Å². The summed E-state index contributed by atoms with van der Waals surface area (Å²) >= 11 is 1.38. The van der Waals surface area contributed by atoms with Crippen LogP contribution in [-0.4, -0.2) is 22.3 Å². The SMILES string of the molecule is CCc1nc(C)ccc1Oc1cccc(SC)c1C(=O)O. The zero-order valence-corrected chi connectivity index (χ0v) is 13.0. The number of aromatic carboxylic acids is 1. The molecule has 1 N–H and O–H groups in total. The van der Waals surface area contributed by atoms with E-state index in [1.165, 1.54) is 11.8 Å². The standard InChI is InChI=1S/C16H17NO3S/c1-4-11-12(9-8-10(2)17-11)20-13-6-5-7-14(21-3)15(13)16(18)19/h5-9H,4H2,1-3H3,(H,18,19). The van der Waals surface area contributed by atoms with E-state index in [9.17, 15) is 9.90 Å². The van der Waals surface area contributed by atoms with Crippen molar-refractivity contribution < 1.29 is 14.6 Å². The molecule has 0 aliphatic carbocycles. The maximum atomic E-state index is 11.5. The average Bonchev–Trinajstić information content (AvgIpc) is 2.48. The highest BCUT2D eigenvalue weighted by molar-refractivity contribution is 7.98. The first-order valence-electron chi connectivity index (χ1n) is 6.61. The first-order chi connectivity index (χ1) is 10.1. The van der Waals surface area contributed by atoms with Gasteiger partial charge < -0.3 is 9.84 Å². The van der Waals surface area contributed by atoms with Crippen molar-refractivity contribution in [3.05, 3.63) is 47.3 Å². The molecule has 2 aromatic rings. The van der Waals surface area contributed by atoms with Crippen LogP contribution in [0.4, 0.5) is 0 Å². The minimum Gasteiger partial charge on any atom is -0.478 e. The lowest BCUT2D eigenvalue weighted by Crippen LogP contribution is -2.03. The molecule has 0 unspecified atom stereocenters. The summed E-state index contributed by atoms with van der Waals surface area (Å²) in [4.78, 5) is 16.6. The van der Waals surface area contributed by atoms with Crippen LogP contribution < -0.4 is 4.74 Å².